The molecule has 0 saturated heterocycles. The Morgan fingerprint density at radius 1 is 1.35 bits per heavy atom. The Hall–Kier alpha value is -1.36. The molecule has 6 nitrogen and oxygen atoms in total. The molecule has 1 aromatic heterocycles. The van der Waals surface area contributed by atoms with E-state index in [4.69, 9.17) is 0 Å². The number of aromatic nitrogens is 1. The number of guanidine groups is 1. The minimum absolute atomic E-state index is 0.0553. The predicted molar refractivity (Wildman–Crippen MR) is 84.2 cm³/mol. The van der Waals surface area contributed by atoms with Gasteiger partial charge in [0.15, 0.2) is 21.5 Å². The molecule has 0 aliphatic rings. The summed E-state index contributed by atoms with van der Waals surface area (Å²) < 4.78 is 59.6. The lowest BCUT2D eigenvalue weighted by Gasteiger charge is -2.24. The standard InChI is InChI=1S/C12H19F3N4O2S2/c1-11(2,23(4,20)21)7-18-10(16-3)17-5-9-19-8(6-22-9)12(13,14)15/h6H,5,7H2,1-4H3,(H2,16,17,18). The molecule has 0 fully saturated rings. The van der Waals surface area contributed by atoms with Gasteiger partial charge in [0.25, 0.3) is 0 Å². The van der Waals surface area contributed by atoms with Crippen LogP contribution in [0, 0.1) is 0 Å². The zero-order valence-electron chi connectivity index (χ0n) is 13.2. The smallest absolute Gasteiger partial charge is 0.355 e. The van der Waals surface area contributed by atoms with Crippen LogP contribution >= 0.6 is 11.3 Å². The number of nitrogens with zero attached hydrogens (tertiary/aromatic N) is 2. The molecule has 0 atom stereocenters. The van der Waals surface area contributed by atoms with Crippen LogP contribution in [0.5, 0.6) is 0 Å². The van der Waals surface area contributed by atoms with E-state index in [2.05, 4.69) is 20.6 Å². The molecular weight excluding hydrogens is 353 g/mol. The van der Waals surface area contributed by atoms with Gasteiger partial charge in [0, 0.05) is 25.2 Å². The van der Waals surface area contributed by atoms with Crippen LogP contribution in [0.1, 0.15) is 24.5 Å². The van der Waals surface area contributed by atoms with Crippen molar-refractivity contribution in [2.45, 2.75) is 31.3 Å². The molecule has 1 aromatic rings. The first-order chi connectivity index (χ1) is 10.4. The van der Waals surface area contributed by atoms with Gasteiger partial charge in [-0.3, -0.25) is 4.99 Å². The maximum Gasteiger partial charge on any atom is 0.434 e. The lowest BCUT2D eigenvalue weighted by atomic mass is 10.2. The summed E-state index contributed by atoms with van der Waals surface area (Å²) in [7, 11) is -1.79. The van der Waals surface area contributed by atoms with Crippen molar-refractivity contribution in [1.29, 1.82) is 0 Å². The molecule has 2 N–H and O–H groups in total. The van der Waals surface area contributed by atoms with Crippen molar-refractivity contribution in [3.8, 4) is 0 Å². The molecule has 0 aliphatic heterocycles. The molecule has 0 bridgehead atoms. The summed E-state index contributed by atoms with van der Waals surface area (Å²) in [5, 5.41) is 6.83. The third-order valence-electron chi connectivity index (χ3n) is 3.16. The molecule has 0 saturated carbocycles. The van der Waals surface area contributed by atoms with Crippen molar-refractivity contribution >= 4 is 27.1 Å². The third kappa shape index (κ3) is 5.65. The summed E-state index contributed by atoms with van der Waals surface area (Å²) in [6.07, 6.45) is -3.33. The first-order valence-electron chi connectivity index (χ1n) is 6.52. The Morgan fingerprint density at radius 3 is 2.39 bits per heavy atom. The normalized spacial score (nSPS) is 14.0. The first kappa shape index (κ1) is 19.7. The average Bonchev–Trinajstić information content (AvgIpc) is 2.86. The van der Waals surface area contributed by atoms with Gasteiger partial charge >= 0.3 is 6.18 Å². The summed E-state index contributed by atoms with van der Waals surface area (Å²) >= 11 is 0.885. The summed E-state index contributed by atoms with van der Waals surface area (Å²) in [6, 6.07) is 0. The highest BCUT2D eigenvalue weighted by Crippen LogP contribution is 2.29. The Morgan fingerprint density at radius 2 is 1.96 bits per heavy atom. The van der Waals surface area contributed by atoms with Gasteiger partial charge in [0.2, 0.25) is 0 Å². The molecule has 0 spiro atoms. The van der Waals surface area contributed by atoms with E-state index in [1.54, 1.807) is 13.8 Å². The summed E-state index contributed by atoms with van der Waals surface area (Å²) in [5.74, 6) is 0.283. The second-order valence-electron chi connectivity index (χ2n) is 5.44. The molecule has 23 heavy (non-hydrogen) atoms. The number of aliphatic imine (C=N–C) groups is 1. The summed E-state index contributed by atoms with van der Waals surface area (Å²) in [4.78, 5) is 7.39. The van der Waals surface area contributed by atoms with E-state index in [1.807, 2.05) is 0 Å². The van der Waals surface area contributed by atoms with Crippen molar-refractivity contribution in [3.05, 3.63) is 16.1 Å². The number of halogens is 3. The van der Waals surface area contributed by atoms with Crippen molar-refractivity contribution in [1.82, 2.24) is 15.6 Å². The van der Waals surface area contributed by atoms with Gasteiger partial charge in [-0.05, 0) is 13.8 Å². The van der Waals surface area contributed by atoms with E-state index in [0.717, 1.165) is 23.0 Å². The summed E-state index contributed by atoms with van der Waals surface area (Å²) in [5.41, 5.74) is -0.930. The SMILES string of the molecule is CN=C(NCc1nc(C(F)(F)F)cs1)NCC(C)(C)S(C)(=O)=O. The number of alkyl halides is 3. The van der Waals surface area contributed by atoms with E-state index in [9.17, 15) is 21.6 Å². The zero-order valence-corrected chi connectivity index (χ0v) is 14.8. The highest BCUT2D eigenvalue weighted by atomic mass is 32.2. The largest absolute Gasteiger partial charge is 0.434 e. The Balaban J connectivity index is 2.61. The van der Waals surface area contributed by atoms with Crippen LogP contribution in [0.2, 0.25) is 0 Å². The van der Waals surface area contributed by atoms with Gasteiger partial charge in [-0.2, -0.15) is 13.2 Å². The minimum atomic E-state index is -4.46. The van der Waals surface area contributed by atoms with Crippen LogP contribution in [0.25, 0.3) is 0 Å². The second-order valence-corrected chi connectivity index (χ2v) is 9.03. The van der Waals surface area contributed by atoms with Crippen LogP contribution in [0.15, 0.2) is 10.4 Å². The molecule has 1 heterocycles. The van der Waals surface area contributed by atoms with Gasteiger partial charge in [0.1, 0.15) is 5.01 Å². The van der Waals surface area contributed by atoms with E-state index < -0.39 is 26.5 Å². The van der Waals surface area contributed by atoms with E-state index in [-0.39, 0.29) is 24.1 Å². The molecule has 11 heteroatoms. The minimum Gasteiger partial charge on any atom is -0.355 e. The third-order valence-corrected chi connectivity index (χ3v) is 6.16. The van der Waals surface area contributed by atoms with Gasteiger partial charge in [-0.15, -0.1) is 11.3 Å². The van der Waals surface area contributed by atoms with Crippen LogP contribution in [0.3, 0.4) is 0 Å². The van der Waals surface area contributed by atoms with Crippen LogP contribution in [-0.4, -0.2) is 44.0 Å². The van der Waals surface area contributed by atoms with E-state index >= 15 is 0 Å². The number of sulfone groups is 1. The highest BCUT2D eigenvalue weighted by Gasteiger charge is 2.33. The fraction of sp³-hybridized carbons (Fsp3) is 0.667. The molecule has 1 rings (SSSR count). The number of rotatable bonds is 5. The fourth-order valence-electron chi connectivity index (χ4n) is 1.33. The zero-order chi connectivity index (χ0) is 17.9. The maximum atomic E-state index is 12.5. The Bertz CT molecular complexity index is 666. The van der Waals surface area contributed by atoms with Gasteiger partial charge in [-0.1, -0.05) is 0 Å². The average molecular weight is 372 g/mol. The Kier molecular flexibility index (Phi) is 6.02. The number of thiazole rings is 1. The van der Waals surface area contributed by atoms with Gasteiger partial charge in [0.05, 0.1) is 11.3 Å². The maximum absolute atomic E-state index is 12.5. The van der Waals surface area contributed by atoms with Crippen molar-refractivity contribution < 1.29 is 21.6 Å². The fourth-order valence-corrected chi connectivity index (χ4v) is 2.40. The van der Waals surface area contributed by atoms with Crippen molar-refractivity contribution in [2.75, 3.05) is 19.8 Å². The molecule has 0 aromatic carbocycles. The van der Waals surface area contributed by atoms with Gasteiger partial charge in [-0.25, -0.2) is 13.4 Å². The molecule has 132 valence electrons. The predicted octanol–water partition coefficient (Wildman–Crippen LogP) is 1.65. The number of hydrogen-bond donors (Lipinski definition) is 2. The summed E-state index contributed by atoms with van der Waals surface area (Å²) in [6.45, 7) is 3.30. The molecular formula is C12H19F3N4O2S2. The molecule has 0 unspecified atom stereocenters. The topological polar surface area (TPSA) is 83.4 Å². The van der Waals surface area contributed by atoms with Crippen LogP contribution in [-0.2, 0) is 22.6 Å². The lowest BCUT2D eigenvalue weighted by molar-refractivity contribution is -0.140. The Labute approximate surface area is 137 Å². The molecule has 0 aliphatic carbocycles. The number of nitrogens with one attached hydrogen (secondary N) is 2. The van der Waals surface area contributed by atoms with Crippen LogP contribution < -0.4 is 10.6 Å². The molecule has 0 radical (unpaired) electrons. The van der Waals surface area contributed by atoms with Crippen molar-refractivity contribution in [2.24, 2.45) is 4.99 Å². The lowest BCUT2D eigenvalue weighted by Crippen LogP contribution is -2.47. The quantitative estimate of drug-likeness (QED) is 0.607. The molecule has 0 amide bonds. The monoisotopic (exact) mass is 372 g/mol. The number of hydrogen-bond acceptors (Lipinski definition) is 5. The van der Waals surface area contributed by atoms with Gasteiger partial charge < -0.3 is 10.6 Å². The first-order valence-corrected chi connectivity index (χ1v) is 9.29. The van der Waals surface area contributed by atoms with E-state index in [1.165, 1.54) is 7.05 Å². The van der Waals surface area contributed by atoms with Crippen molar-refractivity contribution in [3.63, 3.8) is 0 Å². The second kappa shape index (κ2) is 7.04. The highest BCUT2D eigenvalue weighted by molar-refractivity contribution is 7.92. The van der Waals surface area contributed by atoms with E-state index in [0.29, 0.717) is 0 Å². The van der Waals surface area contributed by atoms with Crippen LogP contribution in [0.4, 0.5) is 13.2 Å².